The van der Waals surface area contributed by atoms with Gasteiger partial charge in [-0.1, -0.05) is 30.1 Å². The largest absolute Gasteiger partial charge is 0.439 e. The van der Waals surface area contributed by atoms with E-state index in [9.17, 15) is 18.0 Å². The molecule has 0 bridgehead atoms. The molecule has 1 N–H and O–H groups in total. The third kappa shape index (κ3) is 5.89. The minimum atomic E-state index is -4.17. The molecule has 1 saturated carbocycles. The van der Waals surface area contributed by atoms with Gasteiger partial charge in [-0.3, -0.25) is 14.5 Å². The van der Waals surface area contributed by atoms with Crippen LogP contribution in [-0.2, 0) is 11.3 Å². The van der Waals surface area contributed by atoms with Gasteiger partial charge in [0.15, 0.2) is 0 Å². The number of ether oxygens (including phenoxy) is 1. The number of aromatic amines is 1. The molecule has 0 aromatic carbocycles. The molecule has 10 nitrogen and oxygen atoms in total. The minimum absolute atomic E-state index is 0.0316. The Kier molecular flexibility index (Phi) is 7.97. The molecular formula is C28H31ClF3N7O3. The Morgan fingerprint density at radius 2 is 1.95 bits per heavy atom. The summed E-state index contributed by atoms with van der Waals surface area (Å²) in [6.45, 7) is 4.40. The molecule has 6 rings (SSSR count). The van der Waals surface area contributed by atoms with Crippen LogP contribution in [0.1, 0.15) is 45.4 Å². The second-order valence-electron chi connectivity index (χ2n) is 11.1. The van der Waals surface area contributed by atoms with Crippen LogP contribution in [0.15, 0.2) is 33.8 Å². The summed E-state index contributed by atoms with van der Waals surface area (Å²) < 4.78 is 53.1. The maximum atomic E-state index is 13.4. The smallest absolute Gasteiger partial charge is 0.375 e. The van der Waals surface area contributed by atoms with Crippen LogP contribution in [0.2, 0.25) is 5.02 Å². The van der Waals surface area contributed by atoms with E-state index in [0.29, 0.717) is 78.0 Å². The van der Waals surface area contributed by atoms with E-state index >= 15 is 0 Å². The SMILES string of the molecule is CCCC1CN(c2nc3cc(-c4noc(=O)[nH]4)nc(-c4cncc(Cl)c4)c3n2CC2CCC(C(F)(F)F)CC2)CCO1. The van der Waals surface area contributed by atoms with Gasteiger partial charge in [0.1, 0.15) is 5.69 Å². The summed E-state index contributed by atoms with van der Waals surface area (Å²) in [4.78, 5) is 30.6. The van der Waals surface area contributed by atoms with E-state index < -0.39 is 17.9 Å². The number of alkyl halides is 3. The van der Waals surface area contributed by atoms with Crippen LogP contribution in [0.3, 0.4) is 0 Å². The van der Waals surface area contributed by atoms with E-state index in [1.165, 1.54) is 6.20 Å². The molecule has 2 fully saturated rings. The van der Waals surface area contributed by atoms with Crippen molar-refractivity contribution in [2.75, 3.05) is 24.6 Å². The molecule has 1 unspecified atom stereocenters. The summed E-state index contributed by atoms with van der Waals surface area (Å²) >= 11 is 6.32. The lowest BCUT2D eigenvalue weighted by Crippen LogP contribution is -2.43. The monoisotopic (exact) mass is 605 g/mol. The van der Waals surface area contributed by atoms with E-state index in [4.69, 9.17) is 30.8 Å². The molecule has 0 amide bonds. The topological polar surface area (TPSA) is 115 Å². The number of nitrogens with zero attached hydrogens (tertiary/aromatic N) is 6. The van der Waals surface area contributed by atoms with Crippen molar-refractivity contribution in [3.8, 4) is 22.8 Å². The molecule has 1 saturated heterocycles. The Balaban J connectivity index is 1.49. The molecule has 4 aromatic heterocycles. The van der Waals surface area contributed by atoms with Gasteiger partial charge in [-0.2, -0.15) is 13.2 Å². The fraction of sp³-hybridized carbons (Fsp3) is 0.536. The van der Waals surface area contributed by atoms with Crippen molar-refractivity contribution in [2.24, 2.45) is 11.8 Å². The van der Waals surface area contributed by atoms with Gasteiger partial charge in [0.25, 0.3) is 0 Å². The molecule has 224 valence electrons. The number of aromatic nitrogens is 6. The number of pyridine rings is 2. The highest BCUT2D eigenvalue weighted by Crippen LogP contribution is 2.41. The predicted octanol–water partition coefficient (Wildman–Crippen LogP) is 5.86. The number of imidazole rings is 1. The van der Waals surface area contributed by atoms with Crippen molar-refractivity contribution >= 4 is 28.6 Å². The van der Waals surface area contributed by atoms with Gasteiger partial charge >= 0.3 is 11.9 Å². The van der Waals surface area contributed by atoms with E-state index in [1.807, 2.05) is 0 Å². The second kappa shape index (κ2) is 11.7. The van der Waals surface area contributed by atoms with Gasteiger partial charge in [-0.25, -0.2) is 14.8 Å². The van der Waals surface area contributed by atoms with E-state index in [1.54, 1.807) is 18.3 Å². The van der Waals surface area contributed by atoms with Crippen molar-refractivity contribution in [3.05, 3.63) is 40.1 Å². The van der Waals surface area contributed by atoms with Crippen molar-refractivity contribution in [3.63, 3.8) is 0 Å². The average Bonchev–Trinajstić information content (AvgIpc) is 3.56. The second-order valence-corrected chi connectivity index (χ2v) is 11.5. The first kappa shape index (κ1) is 28.7. The van der Waals surface area contributed by atoms with Crippen molar-refractivity contribution in [1.29, 1.82) is 0 Å². The highest BCUT2D eigenvalue weighted by molar-refractivity contribution is 6.30. The Bertz CT molecular complexity index is 1610. The molecule has 0 spiro atoms. The fourth-order valence-electron chi connectivity index (χ4n) is 6.09. The van der Waals surface area contributed by atoms with E-state index in [-0.39, 0.29) is 30.7 Å². The van der Waals surface area contributed by atoms with Crippen LogP contribution in [0.5, 0.6) is 0 Å². The average molecular weight is 606 g/mol. The maximum absolute atomic E-state index is 13.4. The first-order valence-corrected chi connectivity index (χ1v) is 14.6. The van der Waals surface area contributed by atoms with Crippen LogP contribution < -0.4 is 10.7 Å². The van der Waals surface area contributed by atoms with E-state index in [2.05, 4.69) is 31.5 Å². The zero-order valence-electron chi connectivity index (χ0n) is 23.0. The number of hydrogen-bond acceptors (Lipinski definition) is 8. The Labute approximate surface area is 244 Å². The number of H-pyrrole nitrogens is 1. The molecule has 1 aliphatic heterocycles. The summed E-state index contributed by atoms with van der Waals surface area (Å²) in [5, 5.41) is 4.23. The van der Waals surface area contributed by atoms with Gasteiger partial charge < -0.3 is 14.2 Å². The summed E-state index contributed by atoms with van der Waals surface area (Å²) in [6, 6.07) is 3.47. The highest BCUT2D eigenvalue weighted by atomic mass is 35.5. The lowest BCUT2D eigenvalue weighted by Gasteiger charge is -2.35. The van der Waals surface area contributed by atoms with Crippen molar-refractivity contribution in [2.45, 2.75) is 64.3 Å². The van der Waals surface area contributed by atoms with Crippen LogP contribution in [0.25, 0.3) is 33.8 Å². The Morgan fingerprint density at radius 1 is 1.14 bits per heavy atom. The molecule has 42 heavy (non-hydrogen) atoms. The number of rotatable bonds is 7. The van der Waals surface area contributed by atoms with Crippen molar-refractivity contribution < 1.29 is 22.4 Å². The van der Waals surface area contributed by atoms with Crippen LogP contribution in [0.4, 0.5) is 19.1 Å². The van der Waals surface area contributed by atoms with Gasteiger partial charge in [0.2, 0.25) is 11.8 Å². The van der Waals surface area contributed by atoms with Gasteiger partial charge in [0.05, 0.1) is 40.4 Å². The molecular weight excluding hydrogens is 575 g/mol. The minimum Gasteiger partial charge on any atom is -0.375 e. The lowest BCUT2D eigenvalue weighted by molar-refractivity contribution is -0.184. The number of morpholine rings is 1. The molecule has 1 atom stereocenters. The van der Waals surface area contributed by atoms with Gasteiger partial charge in [-0.15, -0.1) is 0 Å². The number of hydrogen-bond donors (Lipinski definition) is 1. The lowest BCUT2D eigenvalue weighted by atomic mass is 9.81. The molecule has 2 aliphatic rings. The fourth-order valence-corrected chi connectivity index (χ4v) is 6.26. The van der Waals surface area contributed by atoms with Gasteiger partial charge in [0, 0.05) is 37.6 Å². The van der Waals surface area contributed by atoms with Crippen LogP contribution in [0, 0.1) is 11.8 Å². The number of fused-ring (bicyclic) bond motifs is 1. The maximum Gasteiger partial charge on any atom is 0.439 e. The molecule has 4 aromatic rings. The first-order chi connectivity index (χ1) is 20.2. The number of anilines is 1. The zero-order valence-corrected chi connectivity index (χ0v) is 23.8. The van der Waals surface area contributed by atoms with Crippen LogP contribution >= 0.6 is 11.6 Å². The number of halogens is 4. The molecule has 5 heterocycles. The standard InChI is InChI=1S/C28H31ClF3N7O3/c1-2-3-20-15-38(8-9-41-20)26-35-21-11-22(25-36-27(40)42-37-25)34-23(17-10-19(29)13-33-12-17)24(21)39(26)14-16-4-6-18(7-5-16)28(30,31)32/h10-13,16,18,20H,2-9,14-15H2,1H3,(H,36,37,40). The summed E-state index contributed by atoms with van der Waals surface area (Å²) in [5.41, 5.74) is 2.79. The quantitative estimate of drug-likeness (QED) is 0.278. The third-order valence-electron chi connectivity index (χ3n) is 8.15. The summed E-state index contributed by atoms with van der Waals surface area (Å²) in [7, 11) is 0. The molecule has 0 radical (unpaired) electrons. The third-order valence-corrected chi connectivity index (χ3v) is 8.36. The summed E-state index contributed by atoms with van der Waals surface area (Å²) in [6.07, 6.45) is 2.06. The highest BCUT2D eigenvalue weighted by Gasteiger charge is 2.41. The van der Waals surface area contributed by atoms with E-state index in [0.717, 1.165) is 12.8 Å². The number of nitrogens with one attached hydrogen (secondary N) is 1. The van der Waals surface area contributed by atoms with Crippen LogP contribution in [-0.4, -0.2) is 61.6 Å². The zero-order chi connectivity index (χ0) is 29.4. The summed E-state index contributed by atoms with van der Waals surface area (Å²) in [5.74, 6) is -1.09. The van der Waals surface area contributed by atoms with Crippen molar-refractivity contribution in [1.82, 2.24) is 29.7 Å². The molecule has 1 aliphatic carbocycles. The molecule has 14 heteroatoms. The Morgan fingerprint density at radius 3 is 2.64 bits per heavy atom. The van der Waals surface area contributed by atoms with Gasteiger partial charge in [-0.05, 0) is 50.2 Å². The predicted molar refractivity (Wildman–Crippen MR) is 150 cm³/mol. The Hall–Kier alpha value is -3.45. The first-order valence-electron chi connectivity index (χ1n) is 14.2. The normalized spacial score (nSPS) is 21.7.